The summed E-state index contributed by atoms with van der Waals surface area (Å²) >= 11 is 0. The monoisotopic (exact) mass is 231 g/mol. The Bertz CT molecular complexity index is 426. The number of pyridine rings is 1. The number of nitrogens with zero attached hydrogens (tertiary/aromatic N) is 2. The summed E-state index contributed by atoms with van der Waals surface area (Å²) in [6.07, 6.45) is 6.39. The number of fused-ring (bicyclic) bond motifs is 1. The van der Waals surface area contributed by atoms with E-state index in [1.807, 2.05) is 24.4 Å². The van der Waals surface area contributed by atoms with Crippen molar-refractivity contribution in [1.29, 1.82) is 0 Å². The van der Waals surface area contributed by atoms with Crippen molar-refractivity contribution in [2.24, 2.45) is 5.92 Å². The first kappa shape index (κ1) is 12.1. The van der Waals surface area contributed by atoms with Crippen molar-refractivity contribution in [3.63, 3.8) is 0 Å². The number of imidazole rings is 1. The van der Waals surface area contributed by atoms with Crippen LogP contribution in [-0.4, -0.2) is 22.5 Å². The molecule has 3 heteroatoms. The third-order valence-corrected chi connectivity index (χ3v) is 2.87. The standard InChI is InChI=1S/C14H21N3/c1-12(2)6-8-15-9-7-13-11-17-10-4-3-5-14(17)16-13/h3-5,10-12,15H,6-9H2,1-2H3. The summed E-state index contributed by atoms with van der Waals surface area (Å²) < 4.78 is 2.07. The molecular weight excluding hydrogens is 210 g/mol. The molecule has 0 atom stereocenters. The number of nitrogens with one attached hydrogen (secondary N) is 1. The van der Waals surface area contributed by atoms with Crippen LogP contribution in [0.4, 0.5) is 0 Å². The molecule has 0 aliphatic heterocycles. The Morgan fingerprint density at radius 3 is 2.94 bits per heavy atom. The normalized spacial score (nSPS) is 11.5. The van der Waals surface area contributed by atoms with Crippen LogP contribution in [0.3, 0.4) is 0 Å². The van der Waals surface area contributed by atoms with E-state index in [2.05, 4.69) is 34.7 Å². The van der Waals surface area contributed by atoms with E-state index in [-0.39, 0.29) is 0 Å². The van der Waals surface area contributed by atoms with Gasteiger partial charge in [0.2, 0.25) is 0 Å². The lowest BCUT2D eigenvalue weighted by atomic mass is 10.1. The van der Waals surface area contributed by atoms with Crippen molar-refractivity contribution in [1.82, 2.24) is 14.7 Å². The summed E-state index contributed by atoms with van der Waals surface area (Å²) in [7, 11) is 0. The van der Waals surface area contributed by atoms with E-state index in [1.54, 1.807) is 0 Å². The van der Waals surface area contributed by atoms with Gasteiger partial charge in [0.05, 0.1) is 5.69 Å². The molecule has 0 radical (unpaired) electrons. The molecule has 2 heterocycles. The van der Waals surface area contributed by atoms with E-state index < -0.39 is 0 Å². The van der Waals surface area contributed by atoms with E-state index >= 15 is 0 Å². The highest BCUT2D eigenvalue weighted by Crippen LogP contribution is 2.04. The molecule has 0 spiro atoms. The Morgan fingerprint density at radius 2 is 2.18 bits per heavy atom. The fraction of sp³-hybridized carbons (Fsp3) is 0.500. The first-order chi connectivity index (χ1) is 8.25. The van der Waals surface area contributed by atoms with Crippen molar-refractivity contribution in [2.75, 3.05) is 13.1 Å². The average molecular weight is 231 g/mol. The van der Waals surface area contributed by atoms with Crippen LogP contribution < -0.4 is 5.32 Å². The van der Waals surface area contributed by atoms with Gasteiger partial charge in [-0.3, -0.25) is 0 Å². The zero-order chi connectivity index (χ0) is 12.1. The SMILES string of the molecule is CC(C)CCNCCc1cn2ccccc2n1. The maximum absolute atomic E-state index is 4.57. The highest BCUT2D eigenvalue weighted by atomic mass is 15.0. The predicted octanol–water partition coefficient (Wildman–Crippen LogP) is 2.51. The van der Waals surface area contributed by atoms with E-state index in [4.69, 9.17) is 0 Å². The van der Waals surface area contributed by atoms with Gasteiger partial charge in [0.1, 0.15) is 5.65 Å². The van der Waals surface area contributed by atoms with E-state index in [0.29, 0.717) is 0 Å². The van der Waals surface area contributed by atoms with E-state index in [0.717, 1.165) is 36.8 Å². The van der Waals surface area contributed by atoms with Gasteiger partial charge in [0, 0.05) is 25.4 Å². The smallest absolute Gasteiger partial charge is 0.136 e. The molecule has 0 unspecified atom stereocenters. The number of rotatable bonds is 6. The van der Waals surface area contributed by atoms with Crippen LogP contribution in [0, 0.1) is 5.92 Å². The molecule has 1 N–H and O–H groups in total. The number of aromatic nitrogens is 2. The lowest BCUT2D eigenvalue weighted by molar-refractivity contribution is 0.538. The second kappa shape index (κ2) is 5.82. The third-order valence-electron chi connectivity index (χ3n) is 2.87. The van der Waals surface area contributed by atoms with Gasteiger partial charge < -0.3 is 9.72 Å². The fourth-order valence-electron chi connectivity index (χ4n) is 1.84. The molecule has 2 aromatic heterocycles. The molecule has 3 nitrogen and oxygen atoms in total. The van der Waals surface area contributed by atoms with Gasteiger partial charge in [0.25, 0.3) is 0 Å². The highest BCUT2D eigenvalue weighted by molar-refractivity contribution is 5.39. The van der Waals surface area contributed by atoms with Gasteiger partial charge >= 0.3 is 0 Å². The van der Waals surface area contributed by atoms with Crippen molar-refractivity contribution in [2.45, 2.75) is 26.7 Å². The van der Waals surface area contributed by atoms with Crippen LogP contribution in [0.15, 0.2) is 30.6 Å². The minimum absolute atomic E-state index is 0.776. The van der Waals surface area contributed by atoms with Crippen LogP contribution in [0.2, 0.25) is 0 Å². The molecule has 92 valence electrons. The lowest BCUT2D eigenvalue weighted by Gasteiger charge is -2.05. The minimum Gasteiger partial charge on any atom is -0.316 e. The van der Waals surface area contributed by atoms with Gasteiger partial charge in [-0.2, -0.15) is 0 Å². The Kier molecular flexibility index (Phi) is 4.15. The summed E-state index contributed by atoms with van der Waals surface area (Å²) in [6.45, 7) is 6.62. The summed E-state index contributed by atoms with van der Waals surface area (Å²) in [5.74, 6) is 0.776. The summed E-state index contributed by atoms with van der Waals surface area (Å²) in [6, 6.07) is 6.09. The second-order valence-electron chi connectivity index (χ2n) is 4.88. The van der Waals surface area contributed by atoms with Crippen molar-refractivity contribution < 1.29 is 0 Å². The summed E-state index contributed by atoms with van der Waals surface area (Å²) in [5.41, 5.74) is 2.19. The van der Waals surface area contributed by atoms with E-state index in [9.17, 15) is 0 Å². The molecule has 17 heavy (non-hydrogen) atoms. The molecule has 0 bridgehead atoms. The van der Waals surface area contributed by atoms with Crippen molar-refractivity contribution in [3.05, 3.63) is 36.3 Å². The Hall–Kier alpha value is -1.35. The maximum atomic E-state index is 4.57. The van der Waals surface area contributed by atoms with Crippen LogP contribution in [0.25, 0.3) is 5.65 Å². The molecule has 2 rings (SSSR count). The highest BCUT2D eigenvalue weighted by Gasteiger charge is 2.00. The molecule has 0 saturated carbocycles. The molecule has 0 amide bonds. The molecule has 0 aliphatic carbocycles. The first-order valence-corrected chi connectivity index (χ1v) is 6.39. The van der Waals surface area contributed by atoms with Crippen molar-refractivity contribution in [3.8, 4) is 0 Å². The zero-order valence-electron chi connectivity index (χ0n) is 10.7. The zero-order valence-corrected chi connectivity index (χ0v) is 10.7. The van der Waals surface area contributed by atoms with Gasteiger partial charge in [0.15, 0.2) is 0 Å². The van der Waals surface area contributed by atoms with Crippen molar-refractivity contribution >= 4 is 5.65 Å². The summed E-state index contributed by atoms with van der Waals surface area (Å²) in [4.78, 5) is 4.57. The number of hydrogen-bond acceptors (Lipinski definition) is 2. The Balaban J connectivity index is 1.79. The first-order valence-electron chi connectivity index (χ1n) is 6.39. The molecule has 0 fully saturated rings. The quantitative estimate of drug-likeness (QED) is 0.774. The van der Waals surface area contributed by atoms with Crippen LogP contribution >= 0.6 is 0 Å². The fourth-order valence-corrected chi connectivity index (χ4v) is 1.84. The molecular formula is C14H21N3. The number of hydrogen-bond donors (Lipinski definition) is 1. The largest absolute Gasteiger partial charge is 0.316 e. The topological polar surface area (TPSA) is 29.3 Å². The van der Waals surface area contributed by atoms with Crippen LogP contribution in [-0.2, 0) is 6.42 Å². The molecule has 0 saturated heterocycles. The lowest BCUT2D eigenvalue weighted by Crippen LogP contribution is -2.19. The maximum Gasteiger partial charge on any atom is 0.136 e. The van der Waals surface area contributed by atoms with Crippen LogP contribution in [0.1, 0.15) is 26.0 Å². The minimum atomic E-state index is 0.776. The van der Waals surface area contributed by atoms with Crippen LogP contribution in [0.5, 0.6) is 0 Å². The van der Waals surface area contributed by atoms with Gasteiger partial charge in [-0.15, -0.1) is 0 Å². The van der Waals surface area contributed by atoms with Gasteiger partial charge in [-0.25, -0.2) is 4.98 Å². The van der Waals surface area contributed by atoms with E-state index in [1.165, 1.54) is 6.42 Å². The predicted molar refractivity (Wildman–Crippen MR) is 71.2 cm³/mol. The van der Waals surface area contributed by atoms with Gasteiger partial charge in [-0.1, -0.05) is 19.9 Å². The summed E-state index contributed by atoms with van der Waals surface area (Å²) in [5, 5.41) is 3.46. The Morgan fingerprint density at radius 1 is 1.29 bits per heavy atom. The molecule has 2 aromatic rings. The third kappa shape index (κ3) is 3.56. The molecule has 0 aliphatic rings. The Labute approximate surface area is 103 Å². The van der Waals surface area contributed by atoms with Gasteiger partial charge in [-0.05, 0) is 31.0 Å². The second-order valence-corrected chi connectivity index (χ2v) is 4.88. The molecule has 0 aromatic carbocycles. The average Bonchev–Trinajstić information content (AvgIpc) is 2.70.